The lowest BCUT2D eigenvalue weighted by molar-refractivity contribution is -0.148. The number of likely N-dealkylation sites (tertiary alicyclic amines) is 1. The van der Waals surface area contributed by atoms with Crippen LogP contribution in [0.3, 0.4) is 0 Å². The van der Waals surface area contributed by atoms with Gasteiger partial charge >= 0.3 is 5.92 Å². The van der Waals surface area contributed by atoms with Gasteiger partial charge in [0.05, 0.1) is 12.0 Å². The summed E-state index contributed by atoms with van der Waals surface area (Å²) in [6, 6.07) is 12.2. The topological polar surface area (TPSA) is 131 Å². The van der Waals surface area contributed by atoms with Crippen molar-refractivity contribution in [1.29, 1.82) is 5.26 Å². The Balaban J connectivity index is 0.000000899. The zero-order valence-corrected chi connectivity index (χ0v) is 25.3. The zero-order chi connectivity index (χ0) is 32.8. The molecule has 0 spiro atoms. The molecule has 1 fully saturated rings. The van der Waals surface area contributed by atoms with Crippen LogP contribution in [0.25, 0.3) is 0 Å². The largest absolute Gasteiger partial charge is 0.362 e. The van der Waals surface area contributed by atoms with Gasteiger partial charge in [-0.25, -0.2) is 4.39 Å². The first kappa shape index (κ1) is 36.6. The lowest BCUT2D eigenvalue weighted by atomic mass is 10.0. The molecule has 0 aliphatic carbocycles. The van der Waals surface area contributed by atoms with Gasteiger partial charge in [-0.15, -0.1) is 0 Å². The Bertz CT molecular complexity index is 1240. The molecule has 3 N–H and O–H groups in total. The van der Waals surface area contributed by atoms with E-state index >= 15 is 0 Å². The molecule has 9 nitrogen and oxygen atoms in total. The van der Waals surface area contributed by atoms with Gasteiger partial charge < -0.3 is 20.9 Å². The zero-order valence-electron chi connectivity index (χ0n) is 25.3. The van der Waals surface area contributed by atoms with E-state index in [-0.39, 0.29) is 25.3 Å². The molecule has 1 saturated heterocycles. The molecule has 1 heterocycles. The van der Waals surface area contributed by atoms with E-state index in [1.54, 1.807) is 37.4 Å². The fraction of sp³-hybridized carbons (Fsp3) is 0.452. The summed E-state index contributed by atoms with van der Waals surface area (Å²) in [7, 11) is 1.56. The lowest BCUT2D eigenvalue weighted by Crippen LogP contribution is -2.45. The third-order valence-electron chi connectivity index (χ3n) is 5.65. The third kappa shape index (κ3) is 13.0. The quantitative estimate of drug-likeness (QED) is 0.380. The monoisotopic (exact) mass is 603 g/mol. The molecule has 4 amide bonds. The number of alkyl halides is 2. The molecule has 0 saturated carbocycles. The van der Waals surface area contributed by atoms with Crippen molar-refractivity contribution >= 4 is 29.8 Å². The summed E-state index contributed by atoms with van der Waals surface area (Å²) in [5.41, 5.74) is 0.408. The van der Waals surface area contributed by atoms with Crippen molar-refractivity contribution in [3.8, 4) is 6.07 Å². The number of halogens is 3. The second-order valence-electron chi connectivity index (χ2n) is 11.5. The summed E-state index contributed by atoms with van der Waals surface area (Å²) in [6.45, 7) is 10.1. The van der Waals surface area contributed by atoms with Gasteiger partial charge in [0.1, 0.15) is 11.9 Å². The molecule has 12 heteroatoms. The maximum atomic E-state index is 14.4. The molecular weight excluding hydrogens is 563 g/mol. The number of carbonyl (C=O) groups is 4. The number of hydrogen-bond acceptors (Lipinski definition) is 5. The molecule has 1 aliphatic heterocycles. The molecule has 0 bridgehead atoms. The van der Waals surface area contributed by atoms with Crippen molar-refractivity contribution < 1.29 is 32.3 Å². The van der Waals surface area contributed by atoms with Crippen LogP contribution in [0.1, 0.15) is 53.0 Å². The van der Waals surface area contributed by atoms with Crippen molar-refractivity contribution in [3.05, 3.63) is 66.0 Å². The summed E-state index contributed by atoms with van der Waals surface area (Å²) in [4.78, 5) is 47.7. The number of anilines is 1. The number of amides is 4. The number of para-hydroxylation sites is 1. The number of carbonyl (C=O) groups excluding carboxylic acids is 4. The van der Waals surface area contributed by atoms with E-state index in [9.17, 15) is 32.8 Å². The van der Waals surface area contributed by atoms with Gasteiger partial charge in [0.25, 0.3) is 5.91 Å². The van der Waals surface area contributed by atoms with Crippen LogP contribution in [0, 0.1) is 28.5 Å². The predicted molar refractivity (Wildman–Crippen MR) is 157 cm³/mol. The van der Waals surface area contributed by atoms with Crippen LogP contribution in [-0.2, 0) is 25.1 Å². The Morgan fingerprint density at radius 3 is 2.09 bits per heavy atom. The van der Waals surface area contributed by atoms with Gasteiger partial charge in [-0.05, 0) is 55.2 Å². The summed E-state index contributed by atoms with van der Waals surface area (Å²) in [6.07, 6.45) is 0.431. The van der Waals surface area contributed by atoms with Crippen molar-refractivity contribution in [2.75, 3.05) is 18.9 Å². The van der Waals surface area contributed by atoms with E-state index in [2.05, 4.69) is 43.6 Å². The minimum atomic E-state index is -3.92. The molecule has 2 aromatic carbocycles. The summed E-state index contributed by atoms with van der Waals surface area (Å²) in [5.74, 6) is -7.75. The SMILES string of the molecule is CC(C)(C)C.CC(CC(=O)N1CC(C(=O)Nc2ccccc2)CC1C#N)NC(=O)C(F)(F)c1ccc(F)cc1.CNC=O. The Labute approximate surface area is 250 Å². The Morgan fingerprint density at radius 1 is 1.07 bits per heavy atom. The molecule has 2 aromatic rings. The number of nitrogens with one attached hydrogen (secondary N) is 3. The van der Waals surface area contributed by atoms with Crippen molar-refractivity contribution in [3.63, 3.8) is 0 Å². The average molecular weight is 604 g/mol. The molecule has 43 heavy (non-hydrogen) atoms. The van der Waals surface area contributed by atoms with Crippen LogP contribution in [0.4, 0.5) is 18.9 Å². The van der Waals surface area contributed by atoms with Crippen molar-refractivity contribution in [2.45, 2.75) is 65.5 Å². The molecule has 0 aromatic heterocycles. The van der Waals surface area contributed by atoms with Gasteiger partial charge in [-0.3, -0.25) is 19.2 Å². The maximum absolute atomic E-state index is 14.4. The van der Waals surface area contributed by atoms with Crippen molar-refractivity contribution in [1.82, 2.24) is 15.5 Å². The normalized spacial score (nSPS) is 16.6. The van der Waals surface area contributed by atoms with E-state index in [0.29, 0.717) is 17.5 Å². The number of nitrogens with zero attached hydrogens (tertiary/aromatic N) is 2. The first-order chi connectivity index (χ1) is 20.0. The average Bonchev–Trinajstić information content (AvgIpc) is 3.38. The minimum absolute atomic E-state index is 0.00212. The van der Waals surface area contributed by atoms with E-state index in [4.69, 9.17) is 4.79 Å². The van der Waals surface area contributed by atoms with E-state index in [1.165, 1.54) is 11.8 Å². The summed E-state index contributed by atoms with van der Waals surface area (Å²) >= 11 is 0. The predicted octanol–water partition coefficient (Wildman–Crippen LogP) is 4.61. The third-order valence-corrected chi connectivity index (χ3v) is 5.65. The minimum Gasteiger partial charge on any atom is -0.362 e. The summed E-state index contributed by atoms with van der Waals surface area (Å²) in [5, 5.41) is 16.5. The van der Waals surface area contributed by atoms with E-state index in [0.717, 1.165) is 24.3 Å². The van der Waals surface area contributed by atoms with Crippen LogP contribution >= 0.6 is 0 Å². The standard InChI is InChI=1S/C24H23F3N4O3.C5H12.C2H5NO/c1-15(29-23(34)24(26,27)17-7-9-18(25)10-8-17)11-21(32)31-14-16(12-20(31)13-28)22(33)30-19-5-3-2-4-6-19;1-5(2,3)4;1-3-2-4/h2-10,15-16,20H,11-12,14H2,1H3,(H,29,34)(H,30,33);1-4H3;2H,1H3,(H,3,4). The van der Waals surface area contributed by atoms with Crippen LogP contribution < -0.4 is 16.0 Å². The molecule has 3 atom stereocenters. The smallest absolute Gasteiger partial charge is 0.349 e. The Kier molecular flexibility index (Phi) is 14.4. The van der Waals surface area contributed by atoms with Gasteiger partial charge in [0.2, 0.25) is 18.2 Å². The Hall–Kier alpha value is -4.40. The highest BCUT2D eigenvalue weighted by molar-refractivity contribution is 5.93. The highest BCUT2D eigenvalue weighted by Crippen LogP contribution is 2.29. The van der Waals surface area contributed by atoms with Gasteiger partial charge in [-0.1, -0.05) is 45.9 Å². The molecule has 3 rings (SSSR count). The first-order valence-electron chi connectivity index (χ1n) is 13.6. The van der Waals surface area contributed by atoms with Crippen molar-refractivity contribution in [2.24, 2.45) is 11.3 Å². The maximum Gasteiger partial charge on any atom is 0.349 e. The number of hydrogen-bond donors (Lipinski definition) is 3. The van der Waals surface area contributed by atoms with Crippen LogP contribution in [0.2, 0.25) is 0 Å². The number of rotatable bonds is 8. The van der Waals surface area contributed by atoms with Crippen LogP contribution in [0.5, 0.6) is 0 Å². The second-order valence-corrected chi connectivity index (χ2v) is 11.5. The van der Waals surface area contributed by atoms with Gasteiger partial charge in [0, 0.05) is 37.3 Å². The highest BCUT2D eigenvalue weighted by atomic mass is 19.3. The molecule has 234 valence electrons. The van der Waals surface area contributed by atoms with Gasteiger partial charge in [0.15, 0.2) is 0 Å². The van der Waals surface area contributed by atoms with Crippen LogP contribution in [-0.4, -0.2) is 54.7 Å². The van der Waals surface area contributed by atoms with Crippen LogP contribution in [0.15, 0.2) is 54.6 Å². The Morgan fingerprint density at radius 2 is 1.60 bits per heavy atom. The van der Waals surface area contributed by atoms with Gasteiger partial charge in [-0.2, -0.15) is 14.0 Å². The lowest BCUT2D eigenvalue weighted by Gasteiger charge is -2.24. The summed E-state index contributed by atoms with van der Waals surface area (Å²) < 4.78 is 41.8. The highest BCUT2D eigenvalue weighted by Gasteiger charge is 2.42. The van der Waals surface area contributed by atoms with E-state index < -0.39 is 47.1 Å². The second kappa shape index (κ2) is 16.9. The number of benzene rings is 2. The first-order valence-corrected chi connectivity index (χ1v) is 13.6. The molecule has 3 unspecified atom stereocenters. The fourth-order valence-corrected chi connectivity index (χ4v) is 3.72. The molecular formula is C31H40F3N5O4. The molecule has 0 radical (unpaired) electrons. The number of nitriles is 1. The molecule has 1 aliphatic rings. The fourth-order valence-electron chi connectivity index (χ4n) is 3.72. The van der Waals surface area contributed by atoms with E-state index in [1.807, 2.05) is 6.07 Å².